The second kappa shape index (κ2) is 7.71. The van der Waals surface area contributed by atoms with Crippen LogP contribution < -0.4 is 0 Å². The van der Waals surface area contributed by atoms with Crippen LogP contribution in [0.4, 0.5) is 0 Å². The lowest BCUT2D eigenvalue weighted by molar-refractivity contribution is -0.204. The van der Waals surface area contributed by atoms with Crippen molar-refractivity contribution in [1.29, 1.82) is 0 Å². The minimum atomic E-state index is -2.64. The molecular formula is C13H28O5Si. The first-order valence-corrected chi connectivity index (χ1v) is 9.43. The van der Waals surface area contributed by atoms with Crippen molar-refractivity contribution in [3.05, 3.63) is 0 Å². The molecule has 1 heterocycles. The fourth-order valence-electron chi connectivity index (χ4n) is 2.06. The third-order valence-electron chi connectivity index (χ3n) is 2.90. The fraction of sp³-hybridized carbons (Fsp3) is 1.00. The van der Waals surface area contributed by atoms with Gasteiger partial charge in [-0.25, -0.2) is 0 Å². The first-order chi connectivity index (χ1) is 8.97. The summed E-state index contributed by atoms with van der Waals surface area (Å²) in [6.45, 7) is 12.4. The maximum atomic E-state index is 6.14. The minimum absolute atomic E-state index is 0.229. The van der Waals surface area contributed by atoms with Gasteiger partial charge in [0.2, 0.25) is 0 Å². The molecule has 0 radical (unpaired) electrons. The van der Waals surface area contributed by atoms with Gasteiger partial charge in [0.15, 0.2) is 5.79 Å². The first kappa shape index (κ1) is 17.1. The summed E-state index contributed by atoms with van der Waals surface area (Å²) in [6, 6.07) is 0. The van der Waals surface area contributed by atoms with Gasteiger partial charge in [0.1, 0.15) is 6.10 Å². The molecule has 0 saturated carbocycles. The van der Waals surface area contributed by atoms with E-state index in [1.807, 2.05) is 27.3 Å². The lowest BCUT2D eigenvalue weighted by Gasteiger charge is -2.37. The van der Waals surface area contributed by atoms with Crippen LogP contribution in [0.1, 0.15) is 40.5 Å². The highest BCUT2D eigenvalue weighted by molar-refractivity contribution is 6.59. The van der Waals surface area contributed by atoms with Gasteiger partial charge in [-0.05, 0) is 20.8 Å². The van der Waals surface area contributed by atoms with Gasteiger partial charge < -0.3 is 22.8 Å². The van der Waals surface area contributed by atoms with E-state index in [2.05, 4.69) is 6.92 Å². The maximum Gasteiger partial charge on any atom is 0.499 e. The highest BCUT2D eigenvalue weighted by atomic mass is 28.4. The Kier molecular flexibility index (Phi) is 6.92. The Labute approximate surface area is 117 Å². The van der Waals surface area contributed by atoms with Crippen LogP contribution in [-0.4, -0.2) is 47.1 Å². The summed E-state index contributed by atoms with van der Waals surface area (Å²) in [7, 11) is -2.64. The van der Waals surface area contributed by atoms with Gasteiger partial charge in [-0.2, -0.15) is 0 Å². The molecule has 0 aromatic carbocycles. The van der Waals surface area contributed by atoms with Crippen molar-refractivity contribution in [3.8, 4) is 0 Å². The number of hydrogen-bond acceptors (Lipinski definition) is 5. The third kappa shape index (κ3) is 6.33. The van der Waals surface area contributed by atoms with Crippen LogP contribution >= 0.6 is 0 Å². The minimum Gasteiger partial charge on any atom is -0.374 e. The molecule has 1 saturated heterocycles. The van der Waals surface area contributed by atoms with Crippen LogP contribution in [-0.2, 0) is 22.8 Å². The molecule has 0 aliphatic carbocycles. The van der Waals surface area contributed by atoms with Gasteiger partial charge in [-0.1, -0.05) is 13.3 Å². The standard InChI is InChI=1S/C13H28O5Si/c1-6-9-13(4,15-11-12-10-14-12)18-19(5,16-7-2)17-8-3/h12H,6-11H2,1-5H3. The van der Waals surface area contributed by atoms with Crippen molar-refractivity contribution in [2.24, 2.45) is 0 Å². The molecule has 5 nitrogen and oxygen atoms in total. The van der Waals surface area contributed by atoms with Gasteiger partial charge in [-0.3, -0.25) is 0 Å². The molecule has 6 heteroatoms. The smallest absolute Gasteiger partial charge is 0.374 e. The summed E-state index contributed by atoms with van der Waals surface area (Å²) < 4.78 is 28.7. The van der Waals surface area contributed by atoms with Crippen molar-refractivity contribution in [2.75, 3.05) is 26.4 Å². The van der Waals surface area contributed by atoms with Crippen molar-refractivity contribution in [1.82, 2.24) is 0 Å². The largest absolute Gasteiger partial charge is 0.499 e. The Balaban J connectivity index is 2.60. The Morgan fingerprint density at radius 2 is 1.79 bits per heavy atom. The molecule has 1 fully saturated rings. The summed E-state index contributed by atoms with van der Waals surface area (Å²) in [5.74, 6) is -0.661. The van der Waals surface area contributed by atoms with Crippen molar-refractivity contribution < 1.29 is 22.8 Å². The molecular weight excluding hydrogens is 264 g/mol. The van der Waals surface area contributed by atoms with Crippen LogP contribution in [0.3, 0.4) is 0 Å². The van der Waals surface area contributed by atoms with Crippen LogP contribution in [0, 0.1) is 0 Å². The zero-order valence-electron chi connectivity index (χ0n) is 12.9. The van der Waals surface area contributed by atoms with Crippen LogP contribution in [0.5, 0.6) is 0 Å². The molecule has 1 aliphatic rings. The second-order valence-electron chi connectivity index (χ2n) is 4.98. The van der Waals surface area contributed by atoms with E-state index in [1.54, 1.807) is 0 Å². The van der Waals surface area contributed by atoms with Gasteiger partial charge in [0.05, 0.1) is 13.2 Å². The summed E-state index contributed by atoms with van der Waals surface area (Å²) in [5.41, 5.74) is 0. The second-order valence-corrected chi connectivity index (χ2v) is 7.49. The predicted octanol–water partition coefficient (Wildman–Crippen LogP) is 2.58. The summed E-state index contributed by atoms with van der Waals surface area (Å²) >= 11 is 0. The molecule has 19 heavy (non-hydrogen) atoms. The molecule has 0 amide bonds. The van der Waals surface area contributed by atoms with Gasteiger partial charge in [-0.15, -0.1) is 0 Å². The number of hydrogen-bond donors (Lipinski definition) is 0. The Bertz CT molecular complexity index is 253. The zero-order chi connectivity index (χ0) is 14.4. The van der Waals surface area contributed by atoms with E-state index in [0.29, 0.717) is 19.8 Å². The number of epoxide rings is 1. The van der Waals surface area contributed by atoms with E-state index in [-0.39, 0.29) is 6.10 Å². The van der Waals surface area contributed by atoms with Gasteiger partial charge in [0.25, 0.3) is 0 Å². The summed E-state index contributed by atoms with van der Waals surface area (Å²) in [6.07, 6.45) is 2.01. The fourth-order valence-corrected chi connectivity index (χ4v) is 4.25. The van der Waals surface area contributed by atoms with E-state index < -0.39 is 14.6 Å². The van der Waals surface area contributed by atoms with Crippen LogP contribution in [0.25, 0.3) is 0 Å². The average molecular weight is 292 g/mol. The van der Waals surface area contributed by atoms with Gasteiger partial charge in [0, 0.05) is 26.2 Å². The Morgan fingerprint density at radius 1 is 1.21 bits per heavy atom. The SMILES string of the molecule is CCCC(C)(OCC1CO1)O[Si](C)(OCC)OCC. The van der Waals surface area contributed by atoms with Crippen molar-refractivity contribution in [3.63, 3.8) is 0 Å². The van der Waals surface area contributed by atoms with Crippen LogP contribution in [0.2, 0.25) is 6.55 Å². The molecule has 0 aromatic rings. The van der Waals surface area contributed by atoms with E-state index >= 15 is 0 Å². The molecule has 2 unspecified atom stereocenters. The molecule has 1 rings (SSSR count). The predicted molar refractivity (Wildman–Crippen MR) is 75.0 cm³/mol. The maximum absolute atomic E-state index is 6.14. The highest BCUT2D eigenvalue weighted by Gasteiger charge is 2.43. The topological polar surface area (TPSA) is 49.5 Å². The number of ether oxygens (including phenoxy) is 2. The van der Waals surface area contributed by atoms with E-state index in [4.69, 9.17) is 22.8 Å². The lowest BCUT2D eigenvalue weighted by atomic mass is 10.2. The Morgan fingerprint density at radius 3 is 2.21 bits per heavy atom. The quantitative estimate of drug-likeness (QED) is 0.333. The molecule has 0 spiro atoms. The highest BCUT2D eigenvalue weighted by Crippen LogP contribution is 2.27. The average Bonchev–Trinajstić information content (AvgIpc) is 3.10. The molecule has 0 N–H and O–H groups in total. The van der Waals surface area contributed by atoms with Gasteiger partial charge >= 0.3 is 8.80 Å². The van der Waals surface area contributed by atoms with Crippen molar-refractivity contribution in [2.45, 2.75) is 59.0 Å². The molecule has 0 bridgehead atoms. The molecule has 1 aliphatic heterocycles. The monoisotopic (exact) mass is 292 g/mol. The van der Waals surface area contributed by atoms with E-state index in [1.165, 1.54) is 0 Å². The summed E-state index contributed by atoms with van der Waals surface area (Å²) in [5, 5.41) is 0. The Hall–Kier alpha value is 0.0169. The van der Waals surface area contributed by atoms with E-state index in [9.17, 15) is 0 Å². The van der Waals surface area contributed by atoms with Crippen LogP contribution in [0.15, 0.2) is 0 Å². The number of rotatable bonds is 11. The normalized spacial score (nSPS) is 22.3. The van der Waals surface area contributed by atoms with E-state index in [0.717, 1.165) is 19.4 Å². The molecule has 114 valence electrons. The lowest BCUT2D eigenvalue weighted by Crippen LogP contribution is -2.51. The van der Waals surface area contributed by atoms with Crippen molar-refractivity contribution >= 4 is 8.80 Å². The first-order valence-electron chi connectivity index (χ1n) is 7.20. The summed E-state index contributed by atoms with van der Waals surface area (Å²) in [4.78, 5) is 0. The molecule has 0 aromatic heterocycles. The molecule has 2 atom stereocenters. The zero-order valence-corrected chi connectivity index (χ0v) is 13.9. The third-order valence-corrected chi connectivity index (χ3v) is 5.32.